The van der Waals surface area contributed by atoms with E-state index in [1.165, 1.54) is 16.0 Å². The van der Waals surface area contributed by atoms with E-state index in [0.29, 0.717) is 32.3 Å². The molecule has 4 rings (SSSR count). The third kappa shape index (κ3) is 5.34. The number of benzene rings is 2. The average Bonchev–Trinajstić information content (AvgIpc) is 3.42. The van der Waals surface area contributed by atoms with Crippen LogP contribution in [0.3, 0.4) is 0 Å². The SMILES string of the molecule is CCCCOC(=O)/N=C1/N(C(=O)OCCCC)CC2CC(c3ccccc3)(c3ccccc3)CN12. The molecule has 2 amide bonds. The molecule has 2 aromatic rings. The normalized spacial score (nSPS) is 19.6. The predicted octanol–water partition coefficient (Wildman–Crippen LogP) is 5.59. The predicted molar refractivity (Wildman–Crippen MR) is 135 cm³/mol. The maximum atomic E-state index is 12.9. The Balaban J connectivity index is 1.66. The van der Waals surface area contributed by atoms with Gasteiger partial charge in [-0.25, -0.2) is 14.5 Å². The van der Waals surface area contributed by atoms with Gasteiger partial charge >= 0.3 is 12.2 Å². The lowest BCUT2D eigenvalue weighted by Crippen LogP contribution is -2.42. The third-order valence-corrected chi connectivity index (χ3v) is 6.87. The maximum Gasteiger partial charge on any atom is 0.436 e. The third-order valence-electron chi connectivity index (χ3n) is 6.87. The van der Waals surface area contributed by atoms with Crippen molar-refractivity contribution in [2.75, 3.05) is 26.3 Å². The van der Waals surface area contributed by atoms with Crippen LogP contribution in [0.25, 0.3) is 0 Å². The highest BCUT2D eigenvalue weighted by atomic mass is 16.6. The number of unbranched alkanes of at least 4 members (excludes halogenated alkanes) is 2. The molecule has 7 heteroatoms. The first-order valence-corrected chi connectivity index (χ1v) is 12.7. The summed E-state index contributed by atoms with van der Waals surface area (Å²) in [5.41, 5.74) is 2.14. The second-order valence-corrected chi connectivity index (χ2v) is 9.26. The van der Waals surface area contributed by atoms with E-state index < -0.39 is 12.2 Å². The lowest BCUT2D eigenvalue weighted by atomic mass is 9.73. The van der Waals surface area contributed by atoms with Gasteiger partial charge in [0.15, 0.2) is 0 Å². The molecule has 0 aromatic heterocycles. The fourth-order valence-corrected chi connectivity index (χ4v) is 5.02. The molecule has 2 aliphatic heterocycles. The average molecular weight is 478 g/mol. The molecule has 0 aliphatic carbocycles. The zero-order chi connectivity index (χ0) is 24.7. The van der Waals surface area contributed by atoms with E-state index in [4.69, 9.17) is 9.47 Å². The van der Waals surface area contributed by atoms with Gasteiger partial charge in [0, 0.05) is 12.0 Å². The van der Waals surface area contributed by atoms with E-state index in [-0.39, 0.29) is 11.5 Å². The van der Waals surface area contributed by atoms with Gasteiger partial charge < -0.3 is 14.4 Å². The van der Waals surface area contributed by atoms with Crippen molar-refractivity contribution in [2.24, 2.45) is 4.99 Å². The number of carbonyl (C=O) groups excluding carboxylic acids is 2. The number of carbonyl (C=O) groups is 2. The molecule has 186 valence electrons. The Morgan fingerprint density at radius 1 is 0.914 bits per heavy atom. The summed E-state index contributed by atoms with van der Waals surface area (Å²) in [5, 5.41) is 0. The summed E-state index contributed by atoms with van der Waals surface area (Å²) in [4.78, 5) is 33.4. The quantitative estimate of drug-likeness (QED) is 0.463. The Hall–Kier alpha value is -3.35. The first-order valence-electron chi connectivity index (χ1n) is 12.7. The van der Waals surface area contributed by atoms with Crippen LogP contribution in [0.2, 0.25) is 0 Å². The van der Waals surface area contributed by atoms with Crippen LogP contribution in [0.15, 0.2) is 65.7 Å². The number of fused-ring (bicyclic) bond motifs is 1. The first kappa shape index (κ1) is 24.8. The van der Waals surface area contributed by atoms with Crippen LogP contribution >= 0.6 is 0 Å². The van der Waals surface area contributed by atoms with Gasteiger partial charge in [0.05, 0.1) is 25.8 Å². The monoisotopic (exact) mass is 477 g/mol. The molecule has 2 aromatic carbocycles. The van der Waals surface area contributed by atoms with E-state index in [0.717, 1.165) is 32.1 Å². The van der Waals surface area contributed by atoms with Crippen molar-refractivity contribution in [2.45, 2.75) is 57.4 Å². The van der Waals surface area contributed by atoms with Gasteiger partial charge in [-0.1, -0.05) is 87.4 Å². The second-order valence-electron chi connectivity index (χ2n) is 9.26. The minimum Gasteiger partial charge on any atom is -0.449 e. The van der Waals surface area contributed by atoms with Gasteiger partial charge in [0.2, 0.25) is 5.96 Å². The van der Waals surface area contributed by atoms with Crippen LogP contribution in [-0.2, 0) is 14.9 Å². The number of rotatable bonds is 8. The smallest absolute Gasteiger partial charge is 0.436 e. The lowest BCUT2D eigenvalue weighted by Gasteiger charge is -2.32. The summed E-state index contributed by atoms with van der Waals surface area (Å²) in [7, 11) is 0. The van der Waals surface area contributed by atoms with E-state index >= 15 is 0 Å². The van der Waals surface area contributed by atoms with E-state index in [1.807, 2.05) is 26.0 Å². The molecule has 2 saturated heterocycles. The van der Waals surface area contributed by atoms with Crippen molar-refractivity contribution in [3.8, 4) is 0 Å². The summed E-state index contributed by atoms with van der Waals surface area (Å²) in [6.07, 6.45) is 3.09. The highest BCUT2D eigenvalue weighted by Gasteiger charge is 2.53. The van der Waals surface area contributed by atoms with Crippen molar-refractivity contribution in [3.05, 3.63) is 71.8 Å². The second kappa shape index (κ2) is 11.4. The van der Waals surface area contributed by atoms with E-state index in [9.17, 15) is 9.59 Å². The molecule has 0 spiro atoms. The molecule has 1 unspecified atom stereocenters. The van der Waals surface area contributed by atoms with Crippen molar-refractivity contribution in [1.82, 2.24) is 9.80 Å². The topological polar surface area (TPSA) is 71.4 Å². The molecule has 0 bridgehead atoms. The number of guanidine groups is 1. The van der Waals surface area contributed by atoms with Crippen molar-refractivity contribution >= 4 is 18.1 Å². The lowest BCUT2D eigenvalue weighted by molar-refractivity contribution is 0.122. The highest BCUT2D eigenvalue weighted by Crippen LogP contribution is 2.46. The fourth-order valence-electron chi connectivity index (χ4n) is 5.02. The zero-order valence-corrected chi connectivity index (χ0v) is 20.7. The molecule has 2 fully saturated rings. The summed E-state index contributed by atoms with van der Waals surface area (Å²) in [5.74, 6) is 0.326. The van der Waals surface area contributed by atoms with Gasteiger partial charge in [0.1, 0.15) is 0 Å². The molecule has 7 nitrogen and oxygen atoms in total. The first-order chi connectivity index (χ1) is 17.1. The number of hydrogen-bond acceptors (Lipinski definition) is 4. The minimum absolute atomic E-state index is 0.0105. The van der Waals surface area contributed by atoms with Crippen LogP contribution < -0.4 is 0 Å². The minimum atomic E-state index is -0.669. The summed E-state index contributed by atoms with van der Waals surface area (Å²) >= 11 is 0. The Kier molecular flexibility index (Phi) is 8.06. The maximum absolute atomic E-state index is 12.9. The molecule has 2 heterocycles. The van der Waals surface area contributed by atoms with Crippen molar-refractivity contribution in [1.29, 1.82) is 0 Å². The number of hydrogen-bond donors (Lipinski definition) is 0. The van der Waals surface area contributed by atoms with Gasteiger partial charge in [-0.3, -0.25) is 0 Å². The van der Waals surface area contributed by atoms with Crippen LogP contribution in [-0.4, -0.2) is 60.3 Å². The zero-order valence-electron chi connectivity index (χ0n) is 20.7. The van der Waals surface area contributed by atoms with Crippen LogP contribution in [0.1, 0.15) is 57.1 Å². The summed E-state index contributed by atoms with van der Waals surface area (Å²) in [6.45, 7) is 5.77. The molecule has 35 heavy (non-hydrogen) atoms. The van der Waals surface area contributed by atoms with Gasteiger partial charge in [-0.2, -0.15) is 0 Å². The van der Waals surface area contributed by atoms with E-state index in [1.54, 1.807) is 0 Å². The van der Waals surface area contributed by atoms with Crippen LogP contribution in [0, 0.1) is 0 Å². The summed E-state index contributed by atoms with van der Waals surface area (Å²) < 4.78 is 10.8. The standard InChI is InChI=1S/C28H35N3O4/c1-3-5-17-34-26(32)29-25-30(27(33)35-18-6-4-2)20-24-19-28(21-31(24)25,22-13-9-7-10-14-22)23-15-11-8-12-16-23/h7-16,24H,3-6,17-21H2,1-2H3/b29-25-. The Morgan fingerprint density at radius 3 is 2.06 bits per heavy atom. The van der Waals surface area contributed by atoms with Crippen LogP contribution in [0.5, 0.6) is 0 Å². The molecular formula is C28H35N3O4. The summed E-state index contributed by atoms with van der Waals surface area (Å²) in [6, 6.07) is 20.9. The van der Waals surface area contributed by atoms with Gasteiger partial charge in [-0.05, 0) is 30.4 Å². The molecule has 0 radical (unpaired) electrons. The van der Waals surface area contributed by atoms with E-state index in [2.05, 4.69) is 58.4 Å². The van der Waals surface area contributed by atoms with Gasteiger partial charge in [-0.15, -0.1) is 4.99 Å². The molecular weight excluding hydrogens is 442 g/mol. The highest BCUT2D eigenvalue weighted by molar-refractivity contribution is 6.00. The molecule has 1 atom stereocenters. The van der Waals surface area contributed by atoms with Crippen molar-refractivity contribution in [3.63, 3.8) is 0 Å². The Labute approximate surface area is 207 Å². The van der Waals surface area contributed by atoms with Crippen molar-refractivity contribution < 1.29 is 19.1 Å². The Morgan fingerprint density at radius 2 is 1.49 bits per heavy atom. The Bertz CT molecular complexity index is 986. The van der Waals surface area contributed by atoms with Gasteiger partial charge in [0.25, 0.3) is 0 Å². The van der Waals surface area contributed by atoms with Crippen LogP contribution in [0.4, 0.5) is 9.59 Å². The number of amides is 2. The molecule has 0 saturated carbocycles. The molecule has 2 aliphatic rings. The molecule has 0 N–H and O–H groups in total. The number of aliphatic imine (C=N–C) groups is 1. The fraction of sp³-hybridized carbons (Fsp3) is 0.464. The largest absolute Gasteiger partial charge is 0.449 e. The number of nitrogens with zero attached hydrogens (tertiary/aromatic N) is 3. The number of ether oxygens (including phenoxy) is 2.